The van der Waals surface area contributed by atoms with E-state index >= 15 is 0 Å². The Balaban J connectivity index is 1.77. The third-order valence-corrected chi connectivity index (χ3v) is 4.07. The van der Waals surface area contributed by atoms with Crippen molar-refractivity contribution >= 4 is 17.1 Å². The number of rotatable bonds is 7. The molecule has 1 aromatic heterocycles. The van der Waals surface area contributed by atoms with Crippen molar-refractivity contribution < 1.29 is 9.85 Å². The standard InChI is InChI=1S/C18H17N5O4/c1-20(17-8-7-16(22(24)25)9-18(17)23(26)27)11-15-10-19-21(13-15)12-14-5-3-2-4-6-14/h2-10,13H,11-12H2,1H3. The van der Waals surface area contributed by atoms with E-state index in [2.05, 4.69) is 5.10 Å². The summed E-state index contributed by atoms with van der Waals surface area (Å²) < 4.78 is 1.79. The van der Waals surface area contributed by atoms with Crippen molar-refractivity contribution in [2.75, 3.05) is 11.9 Å². The molecule has 3 aromatic rings. The number of hydrogen-bond acceptors (Lipinski definition) is 6. The zero-order valence-corrected chi connectivity index (χ0v) is 14.6. The van der Waals surface area contributed by atoms with Crippen LogP contribution in [0.5, 0.6) is 0 Å². The van der Waals surface area contributed by atoms with Crippen molar-refractivity contribution in [3.8, 4) is 0 Å². The Morgan fingerprint density at radius 2 is 1.78 bits per heavy atom. The Kier molecular flexibility index (Phi) is 5.11. The zero-order chi connectivity index (χ0) is 19.4. The molecular formula is C18H17N5O4. The Hall–Kier alpha value is -3.75. The van der Waals surface area contributed by atoms with Crippen LogP contribution in [0.1, 0.15) is 11.1 Å². The second-order valence-corrected chi connectivity index (χ2v) is 6.08. The molecule has 0 aliphatic rings. The van der Waals surface area contributed by atoms with Crippen molar-refractivity contribution in [2.45, 2.75) is 13.1 Å². The number of aromatic nitrogens is 2. The molecular weight excluding hydrogens is 350 g/mol. The fraction of sp³-hybridized carbons (Fsp3) is 0.167. The first-order valence-corrected chi connectivity index (χ1v) is 8.13. The minimum atomic E-state index is -0.648. The molecule has 1 heterocycles. The predicted octanol–water partition coefficient (Wildman–Crippen LogP) is 3.38. The third kappa shape index (κ3) is 4.27. The van der Waals surface area contributed by atoms with Gasteiger partial charge in [0.05, 0.1) is 28.7 Å². The van der Waals surface area contributed by atoms with Gasteiger partial charge in [-0.05, 0) is 11.6 Å². The van der Waals surface area contributed by atoms with Gasteiger partial charge < -0.3 is 4.90 Å². The highest BCUT2D eigenvalue weighted by atomic mass is 16.6. The van der Waals surface area contributed by atoms with Crippen LogP contribution in [-0.4, -0.2) is 26.7 Å². The first kappa shape index (κ1) is 18.1. The average Bonchev–Trinajstić information content (AvgIpc) is 3.08. The molecule has 0 spiro atoms. The predicted molar refractivity (Wildman–Crippen MR) is 99.6 cm³/mol. The first-order valence-electron chi connectivity index (χ1n) is 8.13. The SMILES string of the molecule is CN(Cc1cnn(Cc2ccccc2)c1)c1ccc([N+](=O)[O-])cc1[N+](=O)[O-]. The van der Waals surface area contributed by atoms with Crippen LogP contribution < -0.4 is 4.90 Å². The quantitative estimate of drug-likeness (QED) is 0.468. The fourth-order valence-electron chi connectivity index (χ4n) is 2.80. The highest BCUT2D eigenvalue weighted by molar-refractivity contribution is 5.66. The minimum absolute atomic E-state index is 0.302. The number of hydrogen-bond donors (Lipinski definition) is 0. The van der Waals surface area contributed by atoms with E-state index in [-0.39, 0.29) is 11.4 Å². The second kappa shape index (κ2) is 7.65. The molecule has 3 rings (SSSR count). The van der Waals surface area contributed by atoms with Gasteiger partial charge in [0.1, 0.15) is 5.69 Å². The lowest BCUT2D eigenvalue weighted by atomic mass is 10.2. The summed E-state index contributed by atoms with van der Waals surface area (Å²) in [5.41, 5.74) is 1.69. The van der Waals surface area contributed by atoms with Gasteiger partial charge in [0, 0.05) is 31.4 Å². The average molecular weight is 367 g/mol. The molecule has 0 N–H and O–H groups in total. The summed E-state index contributed by atoms with van der Waals surface area (Å²) in [5.74, 6) is 0. The topological polar surface area (TPSA) is 107 Å². The zero-order valence-electron chi connectivity index (χ0n) is 14.6. The van der Waals surface area contributed by atoms with Gasteiger partial charge in [-0.2, -0.15) is 5.10 Å². The van der Waals surface area contributed by atoms with Crippen LogP contribution >= 0.6 is 0 Å². The van der Waals surface area contributed by atoms with Crippen molar-refractivity contribution in [1.82, 2.24) is 9.78 Å². The van der Waals surface area contributed by atoms with Gasteiger partial charge in [-0.1, -0.05) is 30.3 Å². The molecule has 2 aromatic carbocycles. The number of benzene rings is 2. The maximum atomic E-state index is 11.3. The van der Waals surface area contributed by atoms with E-state index in [0.717, 1.165) is 17.2 Å². The van der Waals surface area contributed by atoms with Gasteiger partial charge in [-0.3, -0.25) is 24.9 Å². The molecule has 0 aliphatic heterocycles. The molecule has 0 fully saturated rings. The molecule has 0 saturated heterocycles. The lowest BCUT2D eigenvalue weighted by Gasteiger charge is -2.18. The monoisotopic (exact) mass is 367 g/mol. The van der Waals surface area contributed by atoms with E-state index in [0.29, 0.717) is 18.8 Å². The smallest absolute Gasteiger partial charge is 0.299 e. The van der Waals surface area contributed by atoms with Gasteiger partial charge in [-0.25, -0.2) is 0 Å². The van der Waals surface area contributed by atoms with Crippen LogP contribution in [0, 0.1) is 20.2 Å². The Morgan fingerprint density at radius 3 is 2.44 bits per heavy atom. The molecule has 27 heavy (non-hydrogen) atoms. The largest absolute Gasteiger partial charge is 0.365 e. The number of nitro benzene ring substituents is 2. The van der Waals surface area contributed by atoms with Crippen molar-refractivity contribution in [1.29, 1.82) is 0 Å². The summed E-state index contributed by atoms with van der Waals surface area (Å²) in [6, 6.07) is 13.5. The van der Waals surface area contributed by atoms with Crippen LogP contribution in [0.3, 0.4) is 0 Å². The first-order chi connectivity index (χ1) is 12.9. The van der Waals surface area contributed by atoms with Gasteiger partial charge in [0.15, 0.2) is 0 Å². The van der Waals surface area contributed by atoms with Gasteiger partial charge >= 0.3 is 0 Å². The Labute approximate surface area is 154 Å². The third-order valence-electron chi connectivity index (χ3n) is 4.07. The Morgan fingerprint density at radius 1 is 1.04 bits per heavy atom. The molecule has 138 valence electrons. The summed E-state index contributed by atoms with van der Waals surface area (Å²) in [6.45, 7) is 1.01. The molecule has 9 heteroatoms. The van der Waals surface area contributed by atoms with E-state index < -0.39 is 9.85 Å². The van der Waals surface area contributed by atoms with Gasteiger partial charge in [0.2, 0.25) is 0 Å². The summed E-state index contributed by atoms with van der Waals surface area (Å²) in [4.78, 5) is 22.6. The molecule has 0 aliphatic carbocycles. The molecule has 0 radical (unpaired) electrons. The molecule has 9 nitrogen and oxygen atoms in total. The Bertz CT molecular complexity index is 971. The molecule has 0 amide bonds. The maximum Gasteiger partial charge on any atom is 0.299 e. The summed E-state index contributed by atoms with van der Waals surface area (Å²) >= 11 is 0. The highest BCUT2D eigenvalue weighted by Crippen LogP contribution is 2.32. The summed E-state index contributed by atoms with van der Waals surface area (Å²) in [7, 11) is 1.70. The van der Waals surface area contributed by atoms with Crippen LogP contribution in [0.4, 0.5) is 17.1 Å². The highest BCUT2D eigenvalue weighted by Gasteiger charge is 2.22. The lowest BCUT2D eigenvalue weighted by molar-refractivity contribution is -0.393. The van der Waals surface area contributed by atoms with Gasteiger partial charge in [-0.15, -0.1) is 0 Å². The van der Waals surface area contributed by atoms with Crippen LogP contribution in [-0.2, 0) is 13.1 Å². The van der Waals surface area contributed by atoms with E-state index in [9.17, 15) is 20.2 Å². The normalized spacial score (nSPS) is 10.6. The number of nitrogens with zero attached hydrogens (tertiary/aromatic N) is 5. The number of non-ortho nitro benzene ring substituents is 1. The number of nitro groups is 2. The van der Waals surface area contributed by atoms with Crippen LogP contribution in [0.2, 0.25) is 0 Å². The van der Waals surface area contributed by atoms with E-state index in [4.69, 9.17) is 0 Å². The maximum absolute atomic E-state index is 11.3. The van der Waals surface area contributed by atoms with Crippen molar-refractivity contribution in [3.63, 3.8) is 0 Å². The fourth-order valence-corrected chi connectivity index (χ4v) is 2.80. The lowest BCUT2D eigenvalue weighted by Crippen LogP contribution is -2.17. The molecule has 0 bridgehead atoms. The van der Waals surface area contributed by atoms with E-state index in [1.165, 1.54) is 12.1 Å². The van der Waals surface area contributed by atoms with E-state index in [1.54, 1.807) is 22.8 Å². The minimum Gasteiger partial charge on any atom is -0.365 e. The van der Waals surface area contributed by atoms with E-state index in [1.807, 2.05) is 36.5 Å². The van der Waals surface area contributed by atoms with Crippen LogP contribution in [0.15, 0.2) is 60.9 Å². The van der Waals surface area contributed by atoms with Crippen molar-refractivity contribution in [3.05, 3.63) is 92.3 Å². The molecule has 0 saturated carbocycles. The number of anilines is 1. The molecule has 0 unspecified atom stereocenters. The van der Waals surface area contributed by atoms with Crippen LogP contribution in [0.25, 0.3) is 0 Å². The second-order valence-electron chi connectivity index (χ2n) is 6.08. The van der Waals surface area contributed by atoms with Gasteiger partial charge in [0.25, 0.3) is 11.4 Å². The van der Waals surface area contributed by atoms with Crippen molar-refractivity contribution in [2.24, 2.45) is 0 Å². The molecule has 0 atom stereocenters. The summed E-state index contributed by atoms with van der Waals surface area (Å²) in [6.07, 6.45) is 3.58. The summed E-state index contributed by atoms with van der Waals surface area (Å²) in [5, 5.41) is 26.5.